The van der Waals surface area contributed by atoms with Gasteiger partial charge in [-0.3, -0.25) is 9.69 Å². The van der Waals surface area contributed by atoms with Gasteiger partial charge in [-0.05, 0) is 13.8 Å². The van der Waals surface area contributed by atoms with E-state index < -0.39 is 0 Å². The molecule has 4 nitrogen and oxygen atoms in total. The molecular formula is C10H21N3O. The van der Waals surface area contributed by atoms with Crippen LogP contribution in [0.3, 0.4) is 0 Å². The van der Waals surface area contributed by atoms with Gasteiger partial charge in [-0.1, -0.05) is 0 Å². The van der Waals surface area contributed by atoms with Gasteiger partial charge in [0.1, 0.15) is 0 Å². The van der Waals surface area contributed by atoms with E-state index in [9.17, 15) is 4.79 Å². The molecule has 1 aliphatic heterocycles. The van der Waals surface area contributed by atoms with Gasteiger partial charge in [0.15, 0.2) is 0 Å². The van der Waals surface area contributed by atoms with Crippen molar-refractivity contribution < 1.29 is 4.79 Å². The maximum Gasteiger partial charge on any atom is 0.239 e. The van der Waals surface area contributed by atoms with Gasteiger partial charge in [-0.25, -0.2) is 0 Å². The topological polar surface area (TPSA) is 35.6 Å². The summed E-state index contributed by atoms with van der Waals surface area (Å²) in [6.07, 6.45) is 0. The van der Waals surface area contributed by atoms with E-state index in [0.717, 1.165) is 19.6 Å². The summed E-state index contributed by atoms with van der Waals surface area (Å²) in [7, 11) is 3.62. The largest absolute Gasteiger partial charge is 0.347 e. The number of hydrogen-bond donors (Lipinski definition) is 1. The van der Waals surface area contributed by atoms with Crippen molar-refractivity contribution in [2.75, 3.05) is 33.7 Å². The molecule has 1 amide bonds. The van der Waals surface area contributed by atoms with E-state index in [-0.39, 0.29) is 11.9 Å². The lowest BCUT2D eigenvalue weighted by molar-refractivity contribution is -0.135. The molecule has 0 saturated carbocycles. The van der Waals surface area contributed by atoms with Crippen molar-refractivity contribution in [2.45, 2.75) is 25.9 Å². The summed E-state index contributed by atoms with van der Waals surface area (Å²) in [6, 6.07) is 0.449. The first-order chi connectivity index (χ1) is 6.54. The van der Waals surface area contributed by atoms with Crippen molar-refractivity contribution in [1.29, 1.82) is 0 Å². The fourth-order valence-corrected chi connectivity index (χ4v) is 1.95. The van der Waals surface area contributed by atoms with Gasteiger partial charge in [0.25, 0.3) is 0 Å². The molecule has 0 aromatic carbocycles. The Morgan fingerprint density at radius 1 is 1.57 bits per heavy atom. The van der Waals surface area contributed by atoms with Gasteiger partial charge in [0.05, 0.1) is 6.04 Å². The summed E-state index contributed by atoms with van der Waals surface area (Å²) in [6.45, 7) is 7.07. The molecule has 1 unspecified atom stereocenters. The number of likely N-dealkylation sites (N-methyl/N-ethyl adjacent to an activating group) is 1. The average molecular weight is 199 g/mol. The molecule has 1 heterocycles. The van der Waals surface area contributed by atoms with Crippen LogP contribution in [-0.4, -0.2) is 61.5 Å². The number of carbonyl (C=O) groups is 1. The molecular weight excluding hydrogens is 178 g/mol. The number of amides is 1. The second kappa shape index (κ2) is 4.75. The molecule has 0 spiro atoms. The molecule has 2 atom stereocenters. The Bertz CT molecular complexity index is 206. The van der Waals surface area contributed by atoms with E-state index in [4.69, 9.17) is 0 Å². The lowest BCUT2D eigenvalue weighted by Gasteiger charge is -2.38. The summed E-state index contributed by atoms with van der Waals surface area (Å²) in [5.41, 5.74) is 0. The molecule has 0 radical (unpaired) electrons. The van der Waals surface area contributed by atoms with E-state index in [1.807, 2.05) is 21.0 Å². The maximum absolute atomic E-state index is 11.8. The molecule has 1 saturated heterocycles. The van der Waals surface area contributed by atoms with E-state index in [1.165, 1.54) is 0 Å². The number of nitrogens with zero attached hydrogens (tertiary/aromatic N) is 2. The van der Waals surface area contributed by atoms with Gasteiger partial charge in [0.2, 0.25) is 5.91 Å². The molecule has 4 heteroatoms. The van der Waals surface area contributed by atoms with Gasteiger partial charge >= 0.3 is 0 Å². The second-order valence-electron chi connectivity index (χ2n) is 4.20. The van der Waals surface area contributed by atoms with Crippen molar-refractivity contribution in [3.8, 4) is 0 Å². The molecule has 82 valence electrons. The third-order valence-electron chi connectivity index (χ3n) is 2.85. The van der Waals surface area contributed by atoms with E-state index >= 15 is 0 Å². The first-order valence-corrected chi connectivity index (χ1v) is 5.21. The molecule has 1 aliphatic rings. The highest BCUT2D eigenvalue weighted by Crippen LogP contribution is 2.09. The zero-order chi connectivity index (χ0) is 10.7. The Kier molecular flexibility index (Phi) is 3.89. The zero-order valence-electron chi connectivity index (χ0n) is 9.58. The molecule has 1 fully saturated rings. The predicted molar refractivity (Wildman–Crippen MR) is 57.2 cm³/mol. The van der Waals surface area contributed by atoms with Crippen molar-refractivity contribution in [3.05, 3.63) is 0 Å². The summed E-state index contributed by atoms with van der Waals surface area (Å²) in [5.74, 6) is 0.193. The van der Waals surface area contributed by atoms with E-state index in [1.54, 1.807) is 4.90 Å². The van der Waals surface area contributed by atoms with Gasteiger partial charge in [-0.15, -0.1) is 0 Å². The minimum atomic E-state index is 0.00194. The van der Waals surface area contributed by atoms with Crippen LogP contribution in [0.25, 0.3) is 0 Å². The smallest absolute Gasteiger partial charge is 0.239 e. The maximum atomic E-state index is 11.8. The second-order valence-corrected chi connectivity index (χ2v) is 4.20. The summed E-state index contributed by atoms with van der Waals surface area (Å²) >= 11 is 0. The number of hydrogen-bond acceptors (Lipinski definition) is 3. The number of piperazine rings is 1. The van der Waals surface area contributed by atoms with Crippen LogP contribution in [0.5, 0.6) is 0 Å². The third-order valence-corrected chi connectivity index (χ3v) is 2.85. The highest BCUT2D eigenvalue weighted by molar-refractivity contribution is 5.81. The predicted octanol–water partition coefficient (Wildman–Crippen LogP) is -0.243. The summed E-state index contributed by atoms with van der Waals surface area (Å²) in [5, 5.41) is 3.32. The molecule has 0 aromatic rings. The third kappa shape index (κ3) is 2.45. The van der Waals surface area contributed by atoms with Crippen LogP contribution in [0.1, 0.15) is 13.8 Å². The van der Waals surface area contributed by atoms with Crippen molar-refractivity contribution in [2.24, 2.45) is 0 Å². The van der Waals surface area contributed by atoms with Crippen LogP contribution >= 0.6 is 0 Å². The van der Waals surface area contributed by atoms with Crippen LogP contribution in [-0.2, 0) is 4.79 Å². The molecule has 1 rings (SSSR count). The molecule has 1 N–H and O–H groups in total. The summed E-state index contributed by atoms with van der Waals surface area (Å²) in [4.78, 5) is 15.7. The minimum Gasteiger partial charge on any atom is -0.347 e. The fraction of sp³-hybridized carbons (Fsp3) is 0.900. The first-order valence-electron chi connectivity index (χ1n) is 5.21. The van der Waals surface area contributed by atoms with Gasteiger partial charge < -0.3 is 10.2 Å². The van der Waals surface area contributed by atoms with Crippen molar-refractivity contribution in [3.63, 3.8) is 0 Å². The Balaban J connectivity index is 2.57. The summed E-state index contributed by atoms with van der Waals surface area (Å²) < 4.78 is 0. The van der Waals surface area contributed by atoms with Crippen LogP contribution in [0.15, 0.2) is 0 Å². The molecule has 14 heavy (non-hydrogen) atoms. The Hall–Kier alpha value is -0.610. The highest BCUT2D eigenvalue weighted by atomic mass is 16.2. The van der Waals surface area contributed by atoms with Gasteiger partial charge in [0, 0.05) is 39.8 Å². The van der Waals surface area contributed by atoms with Crippen LogP contribution < -0.4 is 5.32 Å². The lowest BCUT2D eigenvalue weighted by Crippen LogP contribution is -2.56. The molecule has 0 aliphatic carbocycles. The average Bonchev–Trinajstić information content (AvgIpc) is 2.16. The first kappa shape index (κ1) is 11.5. The normalized spacial score (nSPS) is 25.9. The minimum absolute atomic E-state index is 0.00194. The number of rotatable bonds is 2. The number of nitrogens with one attached hydrogen (secondary N) is 1. The zero-order valence-corrected chi connectivity index (χ0v) is 9.58. The standard InChI is InChI=1S/C10H21N3O/c1-8-7-11-5-6-13(8)9(2)10(14)12(3)4/h8-9,11H,5-7H2,1-4H3/t8-,9?/m0/s1. The van der Waals surface area contributed by atoms with Gasteiger partial charge in [-0.2, -0.15) is 0 Å². The van der Waals surface area contributed by atoms with Crippen molar-refractivity contribution >= 4 is 5.91 Å². The monoisotopic (exact) mass is 199 g/mol. The highest BCUT2D eigenvalue weighted by Gasteiger charge is 2.28. The van der Waals surface area contributed by atoms with Crippen LogP contribution in [0.4, 0.5) is 0 Å². The fourth-order valence-electron chi connectivity index (χ4n) is 1.95. The van der Waals surface area contributed by atoms with E-state index in [0.29, 0.717) is 6.04 Å². The Labute approximate surface area is 86.2 Å². The van der Waals surface area contributed by atoms with Crippen molar-refractivity contribution in [1.82, 2.24) is 15.1 Å². The quantitative estimate of drug-likeness (QED) is 0.666. The number of carbonyl (C=O) groups excluding carboxylic acids is 1. The Morgan fingerprint density at radius 3 is 2.71 bits per heavy atom. The van der Waals surface area contributed by atoms with Crippen LogP contribution in [0.2, 0.25) is 0 Å². The Morgan fingerprint density at radius 2 is 2.21 bits per heavy atom. The lowest BCUT2D eigenvalue weighted by atomic mass is 10.1. The molecule has 0 aromatic heterocycles. The molecule has 0 bridgehead atoms. The van der Waals surface area contributed by atoms with Crippen LogP contribution in [0, 0.1) is 0 Å². The van der Waals surface area contributed by atoms with E-state index in [2.05, 4.69) is 17.1 Å². The SMILES string of the molecule is CC(C(=O)N(C)C)N1CCNC[C@@H]1C.